The van der Waals surface area contributed by atoms with E-state index in [1.807, 2.05) is 0 Å². The normalized spacial score (nSPS) is 11.9. The van der Waals surface area contributed by atoms with Crippen molar-refractivity contribution in [3.63, 3.8) is 0 Å². The van der Waals surface area contributed by atoms with Crippen molar-refractivity contribution in [2.24, 2.45) is 17.8 Å². The van der Waals surface area contributed by atoms with Crippen LogP contribution in [0.25, 0.3) is 44.5 Å². The molecule has 0 spiro atoms. The maximum atomic E-state index is 12.4. The fraction of sp³-hybridized carbons (Fsp3) is 0.433. The fourth-order valence-electron chi connectivity index (χ4n) is 9.51. The van der Waals surface area contributed by atoms with Gasteiger partial charge in [-0.2, -0.15) is 0 Å². The Morgan fingerprint density at radius 3 is 1.15 bits per heavy atom. The summed E-state index contributed by atoms with van der Waals surface area (Å²) in [6.07, 6.45) is 3.63. The maximum absolute atomic E-state index is 12.4. The first kappa shape index (κ1) is 61.7. The van der Waals surface area contributed by atoms with Gasteiger partial charge in [0.1, 0.15) is 17.9 Å². The van der Waals surface area contributed by atoms with Crippen molar-refractivity contribution in [2.45, 2.75) is 160 Å². The van der Waals surface area contributed by atoms with Crippen LogP contribution in [0.2, 0.25) is 0 Å². The average Bonchev–Trinajstić information content (AvgIpc) is 3.23. The molecule has 0 saturated heterocycles. The summed E-state index contributed by atoms with van der Waals surface area (Å²) in [5.74, 6) is 3.84. The van der Waals surface area contributed by atoms with E-state index >= 15 is 0 Å². The Hall–Kier alpha value is -4.60. The second-order valence-corrected chi connectivity index (χ2v) is 24.5. The maximum Gasteiger partial charge on any atom is 0.262 e. The zero-order valence-corrected chi connectivity index (χ0v) is 50.5. The summed E-state index contributed by atoms with van der Waals surface area (Å²) in [6.45, 7) is 39.2. The molecule has 0 heterocycles. The summed E-state index contributed by atoms with van der Waals surface area (Å²) < 4.78 is 10.5. The van der Waals surface area contributed by atoms with Crippen LogP contribution in [0.4, 0.5) is 0 Å². The molecule has 6 rings (SSSR count). The summed E-state index contributed by atoms with van der Waals surface area (Å²) in [5, 5.41) is 24.7. The molecule has 72 heavy (non-hydrogen) atoms. The molecule has 0 unspecified atom stereocenters. The van der Waals surface area contributed by atoms with Crippen LogP contribution in [0.3, 0.4) is 0 Å². The monoisotopic (exact) mass is 1050 g/mol. The molecule has 0 aromatic heterocycles. The van der Waals surface area contributed by atoms with E-state index in [0.29, 0.717) is 36.7 Å². The molecular weight excluding hydrogens is 960 g/mol. The van der Waals surface area contributed by atoms with Gasteiger partial charge in [0.25, 0.3) is 11.5 Å². The minimum atomic E-state index is -0.0939. The Bertz CT molecular complexity index is 2750. The van der Waals surface area contributed by atoms with Crippen molar-refractivity contribution in [1.82, 2.24) is 0 Å². The van der Waals surface area contributed by atoms with Gasteiger partial charge in [-0.15, -0.1) is 0 Å². The molecule has 6 aromatic rings. The smallest absolute Gasteiger partial charge is 0.262 e. The number of hydrogen-bond donors (Lipinski definition) is 2. The summed E-state index contributed by atoms with van der Waals surface area (Å²) in [4.78, 5) is 0. The molecule has 0 aliphatic rings. The van der Waals surface area contributed by atoms with E-state index in [1.54, 1.807) is 0 Å². The Labute approximate surface area is 457 Å². The Balaban J connectivity index is 0.00000456. The van der Waals surface area contributed by atoms with E-state index in [2.05, 4.69) is 215 Å². The third-order valence-electron chi connectivity index (χ3n) is 13.2. The van der Waals surface area contributed by atoms with Crippen LogP contribution in [0.5, 0.6) is 23.0 Å². The van der Waals surface area contributed by atoms with Crippen molar-refractivity contribution in [1.29, 1.82) is 0 Å². The number of hydrogen-bond acceptors (Lipinski definition) is 2. The molecule has 0 bridgehead atoms. The van der Waals surface area contributed by atoms with Crippen LogP contribution >= 0.6 is 0 Å². The first-order valence-corrected chi connectivity index (χ1v) is 25.8. The van der Waals surface area contributed by atoms with Crippen LogP contribution in [-0.4, -0.2) is 32.9 Å². The van der Waals surface area contributed by atoms with E-state index in [-0.39, 0.29) is 63.1 Å². The Morgan fingerprint density at radius 1 is 0.403 bits per heavy atom. The number of aliphatic hydroxyl groups is 2. The van der Waals surface area contributed by atoms with Gasteiger partial charge in [0.2, 0.25) is 0 Å². The van der Waals surface area contributed by atoms with Gasteiger partial charge in [-0.1, -0.05) is 140 Å². The molecule has 0 amide bonds. The van der Waals surface area contributed by atoms with Crippen molar-refractivity contribution >= 4 is 0 Å². The quantitative estimate of drug-likeness (QED) is 0.0576. The number of phenolic OH excluding ortho intramolecular Hbond substituents is 2. The van der Waals surface area contributed by atoms with Gasteiger partial charge in [-0.3, -0.25) is 0 Å². The molecule has 0 radical (unpaired) electrons. The van der Waals surface area contributed by atoms with Gasteiger partial charge in [0, 0.05) is 60.6 Å². The van der Waals surface area contributed by atoms with Gasteiger partial charge < -0.3 is 34.5 Å². The molecule has 0 aliphatic heterocycles. The number of ether oxygens (including phenoxy) is 2. The zero-order valence-electron chi connectivity index (χ0n) is 48.0. The largest absolute Gasteiger partial charge is 0.582 e. The van der Waals surface area contributed by atoms with Gasteiger partial charge in [0.05, 0.1) is 11.1 Å². The number of rotatable bonds is 16. The van der Waals surface area contributed by atoms with Crippen molar-refractivity contribution in [2.75, 3.05) is 13.2 Å². The standard InChI is InChI=1S/C65H84O4.2CH3.Zr/c1-40(2)25-45-19-21-59(55(36-45)57-30-43(7)28-53(61(57)66)48-32-46(26-41(3)4)34-51(37-48)64(12,13)14)68-23-18-24-69-60-22-20-50(63(9,10)11)39-56(60)58-31-44(8)29-54(62(58)67)49-33-47(27-42(5)6)35-52(38-49)65(15,16)17;;;/h19-22,28-42,66-67H,18,23-27H2,1-17H3;2*1H3;/q;2*-1;/p+2. The van der Waals surface area contributed by atoms with E-state index in [9.17, 15) is 10.2 Å². The molecule has 388 valence electrons. The zero-order chi connectivity index (χ0) is 50.7. The molecule has 6 aromatic carbocycles. The third-order valence-corrected chi connectivity index (χ3v) is 13.2. The van der Waals surface area contributed by atoms with Crippen LogP contribution in [0.15, 0.2) is 97.1 Å². The number of aromatic hydroxyl groups is 4. The molecule has 0 atom stereocenters. The van der Waals surface area contributed by atoms with E-state index in [0.717, 1.165) is 92.8 Å². The molecule has 0 saturated carbocycles. The Kier molecular flexibility index (Phi) is 21.5. The van der Waals surface area contributed by atoms with Gasteiger partial charge in [0.15, 0.2) is 13.2 Å². The molecule has 4 N–H and O–H groups in total. The van der Waals surface area contributed by atoms with Crippen molar-refractivity contribution in [3.8, 4) is 67.5 Å². The molecular formula is C67H92O4Zr. The SMILES string of the molecule is Cc1cc(-c2cc(CC(C)C)cc(C(C)(C)C)c2)c(O)c(-c2cc(CC(C)C)ccc2[OH+]CCC[OH+]c2ccc(C(C)(C)C)cc2-c2cc(C)cc(-c3cc(CC(C)C)cc(C(C)(C)C)c3)c2O)c1.[CH3-].[CH3-].[Zr]. The molecule has 5 heteroatoms. The van der Waals surface area contributed by atoms with E-state index in [4.69, 9.17) is 9.47 Å². The molecule has 4 nitrogen and oxygen atoms in total. The average molecular weight is 1050 g/mol. The van der Waals surface area contributed by atoms with Crippen LogP contribution < -0.4 is 0 Å². The number of phenols is 2. The minimum Gasteiger partial charge on any atom is -0.582 e. The number of aryl methyl sites for hydroxylation is 2. The van der Waals surface area contributed by atoms with E-state index in [1.165, 1.54) is 33.4 Å². The summed E-state index contributed by atoms with van der Waals surface area (Å²) >= 11 is 0. The predicted octanol–water partition coefficient (Wildman–Crippen LogP) is 18.3. The molecule has 0 aliphatic carbocycles. The van der Waals surface area contributed by atoms with Crippen LogP contribution in [0.1, 0.15) is 155 Å². The first-order chi connectivity index (χ1) is 32.2. The molecule has 0 fully saturated rings. The van der Waals surface area contributed by atoms with Gasteiger partial charge >= 0.3 is 0 Å². The second-order valence-electron chi connectivity index (χ2n) is 24.5. The van der Waals surface area contributed by atoms with Gasteiger partial charge in [-0.05, 0) is 171 Å². The first-order valence-electron chi connectivity index (χ1n) is 25.8. The van der Waals surface area contributed by atoms with E-state index < -0.39 is 0 Å². The fourth-order valence-corrected chi connectivity index (χ4v) is 9.51. The minimum absolute atomic E-state index is 0. The van der Waals surface area contributed by atoms with Gasteiger partial charge in [-0.25, -0.2) is 0 Å². The topological polar surface area (TPSA) is 66.1 Å². The second kappa shape index (κ2) is 25.1. The van der Waals surface area contributed by atoms with Crippen LogP contribution in [-0.2, 0) is 61.7 Å². The van der Waals surface area contributed by atoms with Crippen molar-refractivity contribution in [3.05, 3.63) is 156 Å². The van der Waals surface area contributed by atoms with Crippen LogP contribution in [0, 0.1) is 46.5 Å². The summed E-state index contributed by atoms with van der Waals surface area (Å²) in [6, 6.07) is 35.4. The van der Waals surface area contributed by atoms with Crippen molar-refractivity contribution < 1.29 is 45.9 Å². The predicted molar refractivity (Wildman–Crippen MR) is 310 cm³/mol. The summed E-state index contributed by atoms with van der Waals surface area (Å²) in [7, 11) is 0. The number of benzene rings is 6. The Morgan fingerprint density at radius 2 is 0.764 bits per heavy atom. The third kappa shape index (κ3) is 15.7. The summed E-state index contributed by atoms with van der Waals surface area (Å²) in [5.41, 5.74) is 16.9.